The molecular weight excluding hydrogens is 344 g/mol. The van der Waals surface area contributed by atoms with Crippen molar-refractivity contribution in [3.8, 4) is 0 Å². The van der Waals surface area contributed by atoms with E-state index in [-0.39, 0.29) is 11.5 Å². The molecule has 2 unspecified atom stereocenters. The molecule has 0 saturated carbocycles. The minimum atomic E-state index is -0.174. The second-order valence-electron chi connectivity index (χ2n) is 8.14. The van der Waals surface area contributed by atoms with E-state index in [2.05, 4.69) is 17.0 Å². The molecule has 2 saturated heterocycles. The Morgan fingerprint density at radius 1 is 1.52 bits per heavy atom. The maximum Gasteiger partial charge on any atom is 0.272 e. The summed E-state index contributed by atoms with van der Waals surface area (Å²) in [6.45, 7) is 9.64. The minimum absolute atomic E-state index is 0.0841. The third-order valence-electron chi connectivity index (χ3n) is 5.78. The fraction of sp³-hybridized carbons (Fsp3) is 0.800. The molecule has 3 rings (SSSR count). The van der Waals surface area contributed by atoms with Crippen LogP contribution in [-0.4, -0.2) is 84.6 Å². The van der Waals surface area contributed by atoms with Crippen LogP contribution in [0.25, 0.3) is 0 Å². The Balaban J connectivity index is 1.61. The van der Waals surface area contributed by atoms with Gasteiger partial charge in [0.15, 0.2) is 0 Å². The van der Waals surface area contributed by atoms with Crippen molar-refractivity contribution in [1.29, 1.82) is 0 Å². The first-order valence-electron chi connectivity index (χ1n) is 10.1. The molecule has 0 aromatic carbocycles. The summed E-state index contributed by atoms with van der Waals surface area (Å²) in [6.07, 6.45) is 3.07. The molecule has 1 spiro atoms. The van der Waals surface area contributed by atoms with Crippen LogP contribution in [0.3, 0.4) is 0 Å². The quantitative estimate of drug-likeness (QED) is 0.724. The highest BCUT2D eigenvalue weighted by atomic mass is 16.5. The van der Waals surface area contributed by atoms with Gasteiger partial charge < -0.3 is 19.3 Å². The minimum Gasteiger partial charge on any atom is -0.383 e. The van der Waals surface area contributed by atoms with Crippen LogP contribution in [0.4, 0.5) is 0 Å². The summed E-state index contributed by atoms with van der Waals surface area (Å²) in [4.78, 5) is 17.4. The zero-order valence-corrected chi connectivity index (χ0v) is 17.2. The second kappa shape index (κ2) is 8.71. The maximum absolute atomic E-state index is 13.1. The zero-order chi connectivity index (χ0) is 19.4. The number of carbonyl (C=O) groups is 1. The predicted octanol–water partition coefficient (Wildman–Crippen LogP) is 1.80. The first kappa shape index (κ1) is 20.3. The van der Waals surface area contributed by atoms with Crippen LogP contribution in [0.15, 0.2) is 6.07 Å². The third kappa shape index (κ3) is 4.70. The van der Waals surface area contributed by atoms with Crippen molar-refractivity contribution in [2.24, 2.45) is 5.92 Å². The number of ether oxygens (including phenoxy) is 2. The normalized spacial score (nSPS) is 25.7. The molecule has 7 nitrogen and oxygen atoms in total. The Kier molecular flexibility index (Phi) is 6.55. The van der Waals surface area contributed by atoms with Gasteiger partial charge >= 0.3 is 0 Å². The van der Waals surface area contributed by atoms with Gasteiger partial charge in [-0.15, -0.1) is 0 Å². The lowest BCUT2D eigenvalue weighted by Crippen LogP contribution is -2.50. The molecule has 2 aliphatic rings. The Bertz CT molecular complexity index is 647. The van der Waals surface area contributed by atoms with Gasteiger partial charge in [0.25, 0.3) is 5.91 Å². The van der Waals surface area contributed by atoms with Crippen molar-refractivity contribution in [2.75, 3.05) is 53.6 Å². The first-order chi connectivity index (χ1) is 13.0. The largest absolute Gasteiger partial charge is 0.383 e. The van der Waals surface area contributed by atoms with Crippen LogP contribution in [-0.2, 0) is 16.0 Å². The summed E-state index contributed by atoms with van der Waals surface area (Å²) in [5.74, 6) is 0.603. The number of hydrogen-bond donors (Lipinski definition) is 0. The van der Waals surface area contributed by atoms with E-state index in [1.54, 1.807) is 7.11 Å². The average molecular weight is 379 g/mol. The Hall–Kier alpha value is -1.44. The van der Waals surface area contributed by atoms with Crippen molar-refractivity contribution in [3.05, 3.63) is 17.5 Å². The number of piperidine rings is 1. The summed E-state index contributed by atoms with van der Waals surface area (Å²) >= 11 is 0. The summed E-state index contributed by atoms with van der Waals surface area (Å²) in [5, 5.41) is 4.43. The number of hydrogen-bond acceptors (Lipinski definition) is 5. The van der Waals surface area contributed by atoms with Gasteiger partial charge in [0.2, 0.25) is 0 Å². The summed E-state index contributed by atoms with van der Waals surface area (Å²) in [7, 11) is 3.87. The number of likely N-dealkylation sites (tertiary alicyclic amines) is 1. The van der Waals surface area contributed by atoms with Gasteiger partial charge in [-0.05, 0) is 52.1 Å². The van der Waals surface area contributed by atoms with Crippen molar-refractivity contribution >= 4 is 5.91 Å². The molecule has 7 heteroatoms. The zero-order valence-electron chi connectivity index (χ0n) is 17.2. The van der Waals surface area contributed by atoms with Crippen LogP contribution in [0.2, 0.25) is 0 Å². The second-order valence-corrected chi connectivity index (χ2v) is 8.14. The Morgan fingerprint density at radius 3 is 3.07 bits per heavy atom. The molecule has 2 aliphatic heterocycles. The van der Waals surface area contributed by atoms with E-state index in [9.17, 15) is 4.79 Å². The number of aromatic nitrogens is 2. The van der Waals surface area contributed by atoms with Gasteiger partial charge in [-0.25, -0.2) is 0 Å². The van der Waals surface area contributed by atoms with E-state index in [0.717, 1.165) is 57.8 Å². The highest BCUT2D eigenvalue weighted by molar-refractivity contribution is 5.92. The van der Waals surface area contributed by atoms with E-state index >= 15 is 0 Å². The Labute approximate surface area is 162 Å². The molecule has 0 N–H and O–H groups in total. The van der Waals surface area contributed by atoms with Crippen molar-refractivity contribution in [1.82, 2.24) is 19.6 Å². The maximum atomic E-state index is 13.1. The van der Waals surface area contributed by atoms with Gasteiger partial charge in [-0.1, -0.05) is 0 Å². The molecule has 3 heterocycles. The summed E-state index contributed by atoms with van der Waals surface area (Å²) in [6, 6.07) is 1.90. The fourth-order valence-corrected chi connectivity index (χ4v) is 4.51. The monoisotopic (exact) mass is 378 g/mol. The number of methoxy groups -OCH3 is 1. The van der Waals surface area contributed by atoms with E-state index in [0.29, 0.717) is 24.7 Å². The SMILES string of the molecule is CCn1nc(C)cc1C(=O)N1CCCC2(CC(CN(C)CCOC)CO2)C1. The highest BCUT2D eigenvalue weighted by Crippen LogP contribution is 2.38. The van der Waals surface area contributed by atoms with Crippen LogP contribution in [0.1, 0.15) is 42.4 Å². The van der Waals surface area contributed by atoms with Crippen molar-refractivity contribution in [2.45, 2.75) is 45.3 Å². The molecule has 0 radical (unpaired) electrons. The van der Waals surface area contributed by atoms with E-state index in [1.807, 2.05) is 29.5 Å². The van der Waals surface area contributed by atoms with Gasteiger partial charge in [0, 0.05) is 33.3 Å². The van der Waals surface area contributed by atoms with Crippen LogP contribution in [0, 0.1) is 12.8 Å². The number of likely N-dealkylation sites (N-methyl/N-ethyl adjacent to an activating group) is 1. The smallest absolute Gasteiger partial charge is 0.272 e. The topological polar surface area (TPSA) is 59.8 Å². The predicted molar refractivity (Wildman–Crippen MR) is 104 cm³/mol. The molecule has 0 aliphatic carbocycles. The standard InChI is InChI=1S/C20H34N4O3/c1-5-24-18(11-16(2)21-24)19(25)23-8-6-7-20(15-23)12-17(14-27-20)13-22(3)9-10-26-4/h11,17H,5-10,12-15H2,1-4H3. The van der Waals surface area contributed by atoms with Crippen molar-refractivity contribution < 1.29 is 14.3 Å². The van der Waals surface area contributed by atoms with Gasteiger partial charge in [0.1, 0.15) is 5.69 Å². The lowest BCUT2D eigenvalue weighted by atomic mass is 9.86. The average Bonchev–Trinajstić information content (AvgIpc) is 3.22. The number of aryl methyl sites for hydroxylation is 2. The lowest BCUT2D eigenvalue weighted by molar-refractivity contribution is -0.0452. The highest BCUT2D eigenvalue weighted by Gasteiger charge is 2.44. The van der Waals surface area contributed by atoms with E-state index in [1.165, 1.54) is 0 Å². The molecule has 152 valence electrons. The molecular formula is C20H34N4O3. The summed E-state index contributed by atoms with van der Waals surface area (Å²) in [5.41, 5.74) is 1.41. The summed E-state index contributed by atoms with van der Waals surface area (Å²) < 4.78 is 13.3. The molecule has 1 amide bonds. The fourth-order valence-electron chi connectivity index (χ4n) is 4.51. The first-order valence-corrected chi connectivity index (χ1v) is 10.1. The molecule has 27 heavy (non-hydrogen) atoms. The number of nitrogens with zero attached hydrogens (tertiary/aromatic N) is 4. The van der Waals surface area contributed by atoms with Crippen LogP contribution in [0.5, 0.6) is 0 Å². The molecule has 1 aromatic heterocycles. The van der Waals surface area contributed by atoms with Crippen LogP contribution >= 0.6 is 0 Å². The van der Waals surface area contributed by atoms with Gasteiger partial charge in [0.05, 0.1) is 31.1 Å². The number of rotatable bonds is 7. The molecule has 1 aromatic rings. The lowest BCUT2D eigenvalue weighted by Gasteiger charge is -2.39. The number of amides is 1. The van der Waals surface area contributed by atoms with Gasteiger partial charge in [-0.2, -0.15) is 5.10 Å². The number of carbonyl (C=O) groups excluding carboxylic acids is 1. The molecule has 2 atom stereocenters. The van der Waals surface area contributed by atoms with E-state index < -0.39 is 0 Å². The molecule has 2 fully saturated rings. The van der Waals surface area contributed by atoms with Gasteiger partial charge in [-0.3, -0.25) is 9.48 Å². The van der Waals surface area contributed by atoms with Crippen LogP contribution < -0.4 is 0 Å². The Morgan fingerprint density at radius 2 is 2.33 bits per heavy atom. The van der Waals surface area contributed by atoms with E-state index in [4.69, 9.17) is 9.47 Å². The van der Waals surface area contributed by atoms with Crippen molar-refractivity contribution in [3.63, 3.8) is 0 Å². The third-order valence-corrected chi connectivity index (χ3v) is 5.78. The molecule has 0 bridgehead atoms.